The first-order valence-corrected chi connectivity index (χ1v) is 8.34. The Balaban J connectivity index is 2.01. The molecule has 0 atom stereocenters. The zero-order valence-corrected chi connectivity index (χ0v) is 15.2. The standard InChI is InChI=1S/C19H18ClN5O/c1-25(2)15-10-8-14(9-11-15)18(13-6-4-3-5-7-13)23-22-16-12-21-24-19(26)17(16)20/h3-12H,1-2H3,(H2,22,24,26)/b23-18+. The summed E-state index contributed by atoms with van der Waals surface area (Å²) < 4.78 is 0. The number of H-pyrrole nitrogens is 1. The highest BCUT2D eigenvalue weighted by Gasteiger charge is 2.09. The van der Waals surface area contributed by atoms with E-state index < -0.39 is 5.56 Å². The van der Waals surface area contributed by atoms with Crippen LogP contribution in [0.5, 0.6) is 0 Å². The van der Waals surface area contributed by atoms with Crippen LogP contribution >= 0.6 is 11.6 Å². The number of rotatable bonds is 5. The lowest BCUT2D eigenvalue weighted by Crippen LogP contribution is -2.12. The number of halogens is 1. The summed E-state index contributed by atoms with van der Waals surface area (Å²) in [5, 5.41) is 10.5. The van der Waals surface area contributed by atoms with Crippen LogP contribution in [0.3, 0.4) is 0 Å². The molecule has 0 fully saturated rings. The first kappa shape index (κ1) is 17.7. The predicted molar refractivity (Wildman–Crippen MR) is 106 cm³/mol. The molecule has 0 aliphatic rings. The lowest BCUT2D eigenvalue weighted by molar-refractivity contribution is 0.987. The molecule has 0 saturated heterocycles. The highest BCUT2D eigenvalue weighted by atomic mass is 35.5. The molecule has 0 spiro atoms. The molecule has 0 saturated carbocycles. The minimum absolute atomic E-state index is 0.0131. The highest BCUT2D eigenvalue weighted by Crippen LogP contribution is 2.18. The molecule has 2 aromatic carbocycles. The third-order valence-corrected chi connectivity index (χ3v) is 4.16. The van der Waals surface area contributed by atoms with Crippen LogP contribution in [-0.2, 0) is 0 Å². The molecule has 1 heterocycles. The lowest BCUT2D eigenvalue weighted by atomic mass is 10.0. The Bertz CT molecular complexity index is 965. The third kappa shape index (κ3) is 3.92. The molecule has 3 rings (SSSR count). The van der Waals surface area contributed by atoms with E-state index in [0.29, 0.717) is 5.69 Å². The number of aromatic amines is 1. The van der Waals surface area contributed by atoms with Crippen LogP contribution < -0.4 is 15.9 Å². The number of nitrogens with zero attached hydrogens (tertiary/aromatic N) is 3. The van der Waals surface area contributed by atoms with Crippen molar-refractivity contribution < 1.29 is 0 Å². The van der Waals surface area contributed by atoms with Crippen molar-refractivity contribution in [2.45, 2.75) is 0 Å². The molecule has 0 aliphatic heterocycles. The average Bonchev–Trinajstić information content (AvgIpc) is 2.66. The van der Waals surface area contributed by atoms with E-state index in [1.54, 1.807) is 0 Å². The van der Waals surface area contributed by atoms with Crippen LogP contribution in [0.1, 0.15) is 11.1 Å². The fourth-order valence-electron chi connectivity index (χ4n) is 2.39. The largest absolute Gasteiger partial charge is 0.378 e. The van der Waals surface area contributed by atoms with Crippen LogP contribution in [-0.4, -0.2) is 30.0 Å². The Morgan fingerprint density at radius 1 is 1.08 bits per heavy atom. The van der Waals surface area contributed by atoms with E-state index in [4.69, 9.17) is 11.6 Å². The molecular weight excluding hydrogens is 350 g/mol. The smallest absolute Gasteiger partial charge is 0.285 e. The number of benzene rings is 2. The molecule has 7 heteroatoms. The summed E-state index contributed by atoms with van der Waals surface area (Å²) in [6.45, 7) is 0. The van der Waals surface area contributed by atoms with Crippen molar-refractivity contribution in [2.75, 3.05) is 24.4 Å². The Hall–Kier alpha value is -3.12. The van der Waals surface area contributed by atoms with Gasteiger partial charge < -0.3 is 4.90 Å². The minimum atomic E-state index is -0.469. The Labute approximate surface area is 156 Å². The molecule has 0 aliphatic carbocycles. The van der Waals surface area contributed by atoms with E-state index in [2.05, 4.69) is 20.7 Å². The molecule has 1 aromatic heterocycles. The van der Waals surface area contributed by atoms with Gasteiger partial charge in [0, 0.05) is 30.9 Å². The maximum absolute atomic E-state index is 11.6. The van der Waals surface area contributed by atoms with Crippen molar-refractivity contribution in [3.05, 3.63) is 87.3 Å². The predicted octanol–water partition coefficient (Wildman–Crippen LogP) is 3.35. The van der Waals surface area contributed by atoms with Crippen molar-refractivity contribution in [1.82, 2.24) is 10.2 Å². The van der Waals surface area contributed by atoms with Crippen molar-refractivity contribution in [3.8, 4) is 0 Å². The maximum Gasteiger partial charge on any atom is 0.285 e. The molecule has 132 valence electrons. The molecular formula is C19H18ClN5O. The van der Waals surface area contributed by atoms with Crippen molar-refractivity contribution in [3.63, 3.8) is 0 Å². The second-order valence-corrected chi connectivity index (χ2v) is 6.18. The van der Waals surface area contributed by atoms with Crippen LogP contribution in [0.2, 0.25) is 5.02 Å². The normalized spacial score (nSPS) is 11.3. The van der Waals surface area contributed by atoms with Gasteiger partial charge in [0.15, 0.2) is 0 Å². The topological polar surface area (TPSA) is 73.4 Å². The molecule has 0 amide bonds. The van der Waals surface area contributed by atoms with Gasteiger partial charge in [-0.2, -0.15) is 10.2 Å². The zero-order valence-electron chi connectivity index (χ0n) is 14.4. The van der Waals surface area contributed by atoms with E-state index in [0.717, 1.165) is 22.5 Å². The molecule has 26 heavy (non-hydrogen) atoms. The summed E-state index contributed by atoms with van der Waals surface area (Å²) in [4.78, 5) is 13.6. The number of aromatic nitrogens is 2. The van der Waals surface area contributed by atoms with E-state index in [1.165, 1.54) is 6.20 Å². The molecule has 6 nitrogen and oxygen atoms in total. The van der Waals surface area contributed by atoms with Gasteiger partial charge in [0.2, 0.25) is 0 Å². The third-order valence-electron chi connectivity index (χ3n) is 3.79. The molecule has 2 N–H and O–H groups in total. The fourth-order valence-corrected chi connectivity index (χ4v) is 2.52. The maximum atomic E-state index is 11.6. The summed E-state index contributed by atoms with van der Waals surface area (Å²) in [7, 11) is 3.98. The quantitative estimate of drug-likeness (QED) is 0.535. The number of anilines is 2. The van der Waals surface area contributed by atoms with Crippen molar-refractivity contribution in [2.24, 2.45) is 5.10 Å². The van der Waals surface area contributed by atoms with Gasteiger partial charge in [-0.3, -0.25) is 10.2 Å². The number of hydrogen-bond acceptors (Lipinski definition) is 5. The van der Waals surface area contributed by atoms with Crippen molar-refractivity contribution >= 4 is 28.7 Å². The minimum Gasteiger partial charge on any atom is -0.378 e. The summed E-state index contributed by atoms with van der Waals surface area (Å²) in [5.41, 5.74) is 6.42. The monoisotopic (exact) mass is 367 g/mol. The van der Waals surface area contributed by atoms with Gasteiger partial charge in [0.1, 0.15) is 10.7 Å². The van der Waals surface area contributed by atoms with Crippen molar-refractivity contribution in [1.29, 1.82) is 0 Å². The van der Waals surface area contributed by atoms with Gasteiger partial charge in [-0.05, 0) is 12.1 Å². The summed E-state index contributed by atoms with van der Waals surface area (Å²) >= 11 is 6.00. The summed E-state index contributed by atoms with van der Waals surface area (Å²) in [5.74, 6) is 0. The number of hydrogen-bond donors (Lipinski definition) is 2. The average molecular weight is 368 g/mol. The van der Waals surface area contributed by atoms with E-state index in [-0.39, 0.29) is 5.02 Å². The van der Waals surface area contributed by atoms with Crippen LogP contribution in [0.25, 0.3) is 0 Å². The Kier molecular flexibility index (Phi) is 5.34. The fraction of sp³-hybridized carbons (Fsp3) is 0.105. The molecule has 0 unspecified atom stereocenters. The Morgan fingerprint density at radius 2 is 1.73 bits per heavy atom. The van der Waals surface area contributed by atoms with E-state index in [1.807, 2.05) is 73.6 Å². The van der Waals surface area contributed by atoms with Gasteiger partial charge in [0.05, 0.1) is 11.9 Å². The van der Waals surface area contributed by atoms with Crippen LogP contribution in [0.4, 0.5) is 11.4 Å². The van der Waals surface area contributed by atoms with Gasteiger partial charge in [0.25, 0.3) is 5.56 Å². The SMILES string of the molecule is CN(C)c1ccc(/C(=N/Nc2cn[nH]c(=O)c2Cl)c2ccccc2)cc1. The Morgan fingerprint density at radius 3 is 2.38 bits per heavy atom. The van der Waals surface area contributed by atoms with Gasteiger partial charge in [-0.15, -0.1) is 0 Å². The molecule has 3 aromatic rings. The van der Waals surface area contributed by atoms with Gasteiger partial charge >= 0.3 is 0 Å². The second kappa shape index (κ2) is 7.84. The van der Waals surface area contributed by atoms with Gasteiger partial charge in [-0.25, -0.2) is 5.10 Å². The van der Waals surface area contributed by atoms with Crippen LogP contribution in [0.15, 0.2) is 70.7 Å². The first-order valence-electron chi connectivity index (χ1n) is 7.96. The first-order chi connectivity index (χ1) is 12.6. The summed E-state index contributed by atoms with van der Waals surface area (Å²) in [6, 6.07) is 17.8. The molecule has 0 bridgehead atoms. The van der Waals surface area contributed by atoms with Crippen LogP contribution in [0, 0.1) is 0 Å². The van der Waals surface area contributed by atoms with E-state index >= 15 is 0 Å². The number of hydrazone groups is 1. The van der Waals surface area contributed by atoms with Gasteiger partial charge in [-0.1, -0.05) is 54.1 Å². The highest BCUT2D eigenvalue weighted by molar-refractivity contribution is 6.32. The van der Waals surface area contributed by atoms with E-state index in [9.17, 15) is 4.79 Å². The second-order valence-electron chi connectivity index (χ2n) is 5.81. The summed E-state index contributed by atoms with van der Waals surface area (Å²) in [6.07, 6.45) is 1.42. The number of nitrogens with one attached hydrogen (secondary N) is 2. The zero-order chi connectivity index (χ0) is 18.5. The molecule has 0 radical (unpaired) electrons. The lowest BCUT2D eigenvalue weighted by Gasteiger charge is -2.14.